The van der Waals surface area contributed by atoms with E-state index in [2.05, 4.69) is 17.1 Å². The lowest BCUT2D eigenvalue weighted by Gasteiger charge is -2.07. The lowest BCUT2D eigenvalue weighted by molar-refractivity contribution is 0.350. The molecule has 2 rings (SSSR count). The number of halogens is 1. The Bertz CT molecular complexity index is 549. The molecule has 0 spiro atoms. The predicted molar refractivity (Wildman–Crippen MR) is 71.0 cm³/mol. The third-order valence-electron chi connectivity index (χ3n) is 3.27. The molecule has 1 unspecified atom stereocenters. The van der Waals surface area contributed by atoms with Gasteiger partial charge in [-0.1, -0.05) is 30.6 Å². The minimum Gasteiger partial charge on any atom is -0.339 e. The fraction of sp³-hybridized carbons (Fsp3) is 0.429. The molecule has 0 aliphatic heterocycles. The van der Waals surface area contributed by atoms with E-state index in [0.29, 0.717) is 41.7 Å². The van der Waals surface area contributed by atoms with Gasteiger partial charge in [-0.3, -0.25) is 0 Å². The summed E-state index contributed by atoms with van der Waals surface area (Å²) in [4.78, 5) is 4.29. The highest BCUT2D eigenvalue weighted by Crippen LogP contribution is 2.20. The fourth-order valence-corrected chi connectivity index (χ4v) is 1.83. The van der Waals surface area contributed by atoms with Gasteiger partial charge >= 0.3 is 0 Å². The topological polar surface area (TPSA) is 64.9 Å². The Labute approximate surface area is 111 Å². The first-order valence-corrected chi connectivity index (χ1v) is 6.43. The van der Waals surface area contributed by atoms with E-state index in [4.69, 9.17) is 10.3 Å². The van der Waals surface area contributed by atoms with Gasteiger partial charge in [0.05, 0.1) is 0 Å². The number of nitrogens with two attached hydrogens (primary N) is 1. The van der Waals surface area contributed by atoms with Crippen LogP contribution in [0.15, 0.2) is 22.7 Å². The molecule has 4 nitrogen and oxygen atoms in total. The molecule has 0 saturated heterocycles. The minimum atomic E-state index is -0.266. The Morgan fingerprint density at radius 1 is 1.42 bits per heavy atom. The molecule has 5 heteroatoms. The molecule has 0 aliphatic rings. The fourth-order valence-electron chi connectivity index (χ4n) is 1.83. The summed E-state index contributed by atoms with van der Waals surface area (Å²) in [6, 6.07) is 4.91. The monoisotopic (exact) mass is 263 g/mol. The number of aromatic nitrogens is 2. The molecule has 0 bridgehead atoms. The molecule has 102 valence electrons. The van der Waals surface area contributed by atoms with E-state index in [0.717, 1.165) is 6.42 Å². The van der Waals surface area contributed by atoms with Crippen LogP contribution in [0.3, 0.4) is 0 Å². The van der Waals surface area contributed by atoms with Crippen molar-refractivity contribution in [2.24, 2.45) is 11.7 Å². The lowest BCUT2D eigenvalue weighted by Crippen LogP contribution is -2.15. The van der Waals surface area contributed by atoms with Crippen LogP contribution in [0.1, 0.15) is 24.8 Å². The van der Waals surface area contributed by atoms with Crippen molar-refractivity contribution < 1.29 is 8.91 Å². The predicted octanol–water partition coefficient (Wildman–Crippen LogP) is 2.71. The Morgan fingerprint density at radius 3 is 2.84 bits per heavy atom. The molecule has 1 atom stereocenters. The Balaban J connectivity index is 2.18. The summed E-state index contributed by atoms with van der Waals surface area (Å²) in [5, 5.41) is 3.89. The van der Waals surface area contributed by atoms with E-state index in [1.54, 1.807) is 19.1 Å². The maximum atomic E-state index is 13.5. The second-order valence-electron chi connectivity index (χ2n) is 4.69. The van der Waals surface area contributed by atoms with Crippen LogP contribution in [0.2, 0.25) is 0 Å². The molecule has 0 fully saturated rings. The van der Waals surface area contributed by atoms with Crippen LogP contribution in [0.4, 0.5) is 4.39 Å². The van der Waals surface area contributed by atoms with Crippen LogP contribution in [0.25, 0.3) is 11.4 Å². The summed E-state index contributed by atoms with van der Waals surface area (Å²) in [7, 11) is 0. The third-order valence-corrected chi connectivity index (χ3v) is 3.27. The van der Waals surface area contributed by atoms with Crippen molar-refractivity contribution in [3.8, 4) is 11.4 Å². The van der Waals surface area contributed by atoms with Gasteiger partial charge in [-0.25, -0.2) is 4.39 Å². The minimum absolute atomic E-state index is 0.266. The molecule has 1 heterocycles. The number of rotatable bonds is 5. The normalized spacial score (nSPS) is 12.6. The van der Waals surface area contributed by atoms with Crippen LogP contribution in [0, 0.1) is 18.7 Å². The molecular formula is C14H18FN3O. The molecular weight excluding hydrogens is 245 g/mol. The van der Waals surface area contributed by atoms with Crippen molar-refractivity contribution in [1.82, 2.24) is 10.1 Å². The van der Waals surface area contributed by atoms with Crippen molar-refractivity contribution in [3.05, 3.63) is 35.5 Å². The van der Waals surface area contributed by atoms with Gasteiger partial charge in [0, 0.05) is 12.0 Å². The van der Waals surface area contributed by atoms with Crippen molar-refractivity contribution in [2.45, 2.75) is 26.7 Å². The van der Waals surface area contributed by atoms with Gasteiger partial charge in [0.15, 0.2) is 0 Å². The van der Waals surface area contributed by atoms with E-state index in [9.17, 15) is 4.39 Å². The van der Waals surface area contributed by atoms with E-state index in [1.807, 2.05) is 0 Å². The summed E-state index contributed by atoms with van der Waals surface area (Å²) in [6.07, 6.45) is 1.63. The van der Waals surface area contributed by atoms with E-state index in [-0.39, 0.29) is 5.82 Å². The van der Waals surface area contributed by atoms with Gasteiger partial charge in [0.2, 0.25) is 11.7 Å². The van der Waals surface area contributed by atoms with E-state index < -0.39 is 0 Å². The highest BCUT2D eigenvalue weighted by Gasteiger charge is 2.13. The molecule has 2 N–H and O–H groups in total. The van der Waals surface area contributed by atoms with Crippen molar-refractivity contribution in [3.63, 3.8) is 0 Å². The van der Waals surface area contributed by atoms with Crippen LogP contribution in [0.5, 0.6) is 0 Å². The number of aryl methyl sites for hydroxylation is 1. The van der Waals surface area contributed by atoms with E-state index >= 15 is 0 Å². The van der Waals surface area contributed by atoms with Crippen LogP contribution in [-0.4, -0.2) is 16.7 Å². The van der Waals surface area contributed by atoms with Gasteiger partial charge in [0.1, 0.15) is 5.82 Å². The molecule has 0 amide bonds. The van der Waals surface area contributed by atoms with Crippen molar-refractivity contribution >= 4 is 0 Å². The lowest BCUT2D eigenvalue weighted by atomic mass is 10.0. The zero-order chi connectivity index (χ0) is 13.8. The van der Waals surface area contributed by atoms with Gasteiger partial charge in [-0.05, 0) is 31.0 Å². The maximum absolute atomic E-state index is 13.5. The van der Waals surface area contributed by atoms with Gasteiger partial charge in [-0.2, -0.15) is 4.98 Å². The third kappa shape index (κ3) is 3.17. The molecule has 0 aliphatic carbocycles. The smallest absolute Gasteiger partial charge is 0.227 e. The number of hydrogen-bond acceptors (Lipinski definition) is 4. The van der Waals surface area contributed by atoms with Crippen LogP contribution < -0.4 is 5.73 Å². The first-order valence-electron chi connectivity index (χ1n) is 6.43. The summed E-state index contributed by atoms with van der Waals surface area (Å²) in [6.45, 7) is 4.38. The molecule has 19 heavy (non-hydrogen) atoms. The Morgan fingerprint density at radius 2 is 2.21 bits per heavy atom. The SMILES string of the molecule is CCC(CN)Cc1nc(-c2ccc(C)c(F)c2)no1. The molecule has 1 aromatic carbocycles. The summed E-state index contributed by atoms with van der Waals surface area (Å²) in [5.74, 6) is 1.04. The summed E-state index contributed by atoms with van der Waals surface area (Å²) >= 11 is 0. The zero-order valence-electron chi connectivity index (χ0n) is 11.2. The first kappa shape index (κ1) is 13.7. The average Bonchev–Trinajstić information content (AvgIpc) is 2.87. The van der Waals surface area contributed by atoms with Crippen LogP contribution in [-0.2, 0) is 6.42 Å². The second-order valence-corrected chi connectivity index (χ2v) is 4.69. The van der Waals surface area contributed by atoms with Gasteiger partial charge in [-0.15, -0.1) is 0 Å². The summed E-state index contributed by atoms with van der Waals surface area (Å²) < 4.78 is 18.7. The molecule has 0 saturated carbocycles. The number of hydrogen-bond donors (Lipinski definition) is 1. The highest BCUT2D eigenvalue weighted by molar-refractivity contribution is 5.54. The van der Waals surface area contributed by atoms with E-state index in [1.165, 1.54) is 6.07 Å². The van der Waals surface area contributed by atoms with Gasteiger partial charge < -0.3 is 10.3 Å². The molecule has 1 aromatic heterocycles. The first-order chi connectivity index (χ1) is 9.13. The maximum Gasteiger partial charge on any atom is 0.227 e. The summed E-state index contributed by atoms with van der Waals surface area (Å²) in [5.41, 5.74) is 6.87. The largest absolute Gasteiger partial charge is 0.339 e. The molecule has 2 aromatic rings. The quantitative estimate of drug-likeness (QED) is 0.900. The average molecular weight is 263 g/mol. The molecule has 0 radical (unpaired) electrons. The standard InChI is InChI=1S/C14H18FN3O/c1-3-10(8-16)6-13-17-14(18-19-13)11-5-4-9(2)12(15)7-11/h4-5,7,10H,3,6,8,16H2,1-2H3. The van der Waals surface area contributed by atoms with Crippen molar-refractivity contribution in [2.75, 3.05) is 6.54 Å². The Hall–Kier alpha value is -1.75. The van der Waals surface area contributed by atoms with Gasteiger partial charge in [0.25, 0.3) is 0 Å². The zero-order valence-corrected chi connectivity index (χ0v) is 11.2. The second kappa shape index (κ2) is 5.93. The van der Waals surface area contributed by atoms with Crippen LogP contribution >= 0.6 is 0 Å². The van der Waals surface area contributed by atoms with Crippen molar-refractivity contribution in [1.29, 1.82) is 0 Å². The number of nitrogens with zero attached hydrogens (tertiary/aromatic N) is 2. The highest BCUT2D eigenvalue weighted by atomic mass is 19.1. The Kier molecular flexibility index (Phi) is 4.27. The number of benzene rings is 1.